The van der Waals surface area contributed by atoms with Gasteiger partial charge in [-0.25, -0.2) is 13.2 Å². The number of carbonyl (C=O) groups excluding carboxylic acids is 1. The molecule has 1 aliphatic heterocycles. The van der Waals surface area contributed by atoms with Gasteiger partial charge in [0.2, 0.25) is 0 Å². The van der Waals surface area contributed by atoms with Crippen LogP contribution in [-0.2, 0) is 19.4 Å². The zero-order valence-corrected chi connectivity index (χ0v) is 16.3. The van der Waals surface area contributed by atoms with E-state index in [4.69, 9.17) is 4.74 Å². The van der Waals surface area contributed by atoms with Gasteiger partial charge in [-0.1, -0.05) is 42.5 Å². The molecule has 1 heterocycles. The third-order valence-corrected chi connectivity index (χ3v) is 7.03. The second-order valence-corrected chi connectivity index (χ2v) is 9.49. The minimum Gasteiger partial charge on any atom is -0.480 e. The van der Waals surface area contributed by atoms with E-state index in [0.717, 1.165) is 24.3 Å². The molecule has 2 atom stereocenters. The molecular formula is C20H21NO6S. The Bertz CT molecular complexity index is 987. The number of hydrogen-bond donors (Lipinski definition) is 1. The lowest BCUT2D eigenvalue weighted by Crippen LogP contribution is -2.46. The Kier molecular flexibility index (Phi) is 5.16. The fraction of sp³-hybridized carbons (Fsp3) is 0.300. The number of anilines is 1. The third kappa shape index (κ3) is 3.73. The molecule has 0 aromatic heterocycles. The van der Waals surface area contributed by atoms with Gasteiger partial charge in [0.25, 0.3) is 0 Å². The SMILES string of the molecule is CC(CC1CN(c2ccc(-c3ccccc3)cc2)C(=O)O1)(C(=O)O)S(C)(=O)=O. The number of benzene rings is 2. The molecule has 1 aliphatic rings. The molecule has 7 nitrogen and oxygen atoms in total. The minimum absolute atomic E-state index is 0.0852. The highest BCUT2D eigenvalue weighted by Crippen LogP contribution is 2.31. The largest absolute Gasteiger partial charge is 0.480 e. The molecule has 1 amide bonds. The molecule has 2 aromatic carbocycles. The highest BCUT2D eigenvalue weighted by Gasteiger charge is 2.48. The van der Waals surface area contributed by atoms with Crippen molar-refractivity contribution >= 4 is 27.6 Å². The van der Waals surface area contributed by atoms with Crippen molar-refractivity contribution in [3.63, 3.8) is 0 Å². The zero-order valence-electron chi connectivity index (χ0n) is 15.5. The monoisotopic (exact) mass is 403 g/mol. The van der Waals surface area contributed by atoms with E-state index in [2.05, 4.69) is 0 Å². The summed E-state index contributed by atoms with van der Waals surface area (Å²) >= 11 is 0. The number of carboxylic acids is 1. The maximum absolute atomic E-state index is 12.3. The summed E-state index contributed by atoms with van der Waals surface area (Å²) in [5.74, 6) is -1.46. The molecular weight excluding hydrogens is 382 g/mol. The van der Waals surface area contributed by atoms with Crippen LogP contribution in [0.15, 0.2) is 54.6 Å². The van der Waals surface area contributed by atoms with Crippen LogP contribution in [0.2, 0.25) is 0 Å². The van der Waals surface area contributed by atoms with Crippen molar-refractivity contribution in [2.45, 2.75) is 24.2 Å². The van der Waals surface area contributed by atoms with Crippen molar-refractivity contribution in [2.75, 3.05) is 17.7 Å². The number of ether oxygens (including phenoxy) is 1. The van der Waals surface area contributed by atoms with Gasteiger partial charge < -0.3 is 9.84 Å². The maximum Gasteiger partial charge on any atom is 0.414 e. The second-order valence-electron chi connectivity index (χ2n) is 7.04. The van der Waals surface area contributed by atoms with Gasteiger partial charge in [0, 0.05) is 18.4 Å². The minimum atomic E-state index is -3.90. The van der Waals surface area contributed by atoms with Gasteiger partial charge in [0.1, 0.15) is 6.10 Å². The average Bonchev–Trinajstić information content (AvgIpc) is 3.01. The number of hydrogen-bond acceptors (Lipinski definition) is 5. The first kappa shape index (κ1) is 19.9. The number of rotatable bonds is 6. The number of carbonyl (C=O) groups is 2. The van der Waals surface area contributed by atoms with E-state index in [1.54, 1.807) is 12.1 Å². The third-order valence-electron chi connectivity index (χ3n) is 5.05. The first-order valence-corrected chi connectivity index (χ1v) is 10.6. The summed E-state index contributed by atoms with van der Waals surface area (Å²) < 4.78 is 27.1. The first-order chi connectivity index (χ1) is 13.1. The van der Waals surface area contributed by atoms with Gasteiger partial charge >= 0.3 is 12.1 Å². The summed E-state index contributed by atoms with van der Waals surface area (Å²) in [6.07, 6.45) is -0.903. The summed E-state index contributed by atoms with van der Waals surface area (Å²) in [6.45, 7) is 1.22. The number of sulfone groups is 1. The van der Waals surface area contributed by atoms with Crippen molar-refractivity contribution in [2.24, 2.45) is 0 Å². The highest BCUT2D eigenvalue weighted by atomic mass is 32.2. The van der Waals surface area contributed by atoms with Crippen molar-refractivity contribution in [3.05, 3.63) is 54.6 Å². The molecule has 0 radical (unpaired) electrons. The van der Waals surface area contributed by atoms with Crippen LogP contribution in [-0.4, -0.2) is 49.2 Å². The van der Waals surface area contributed by atoms with Crippen LogP contribution >= 0.6 is 0 Å². The van der Waals surface area contributed by atoms with E-state index >= 15 is 0 Å². The van der Waals surface area contributed by atoms with E-state index in [0.29, 0.717) is 5.69 Å². The molecule has 1 fully saturated rings. The molecule has 148 valence electrons. The molecule has 2 unspecified atom stereocenters. The lowest BCUT2D eigenvalue weighted by atomic mass is 10.0. The van der Waals surface area contributed by atoms with Crippen LogP contribution in [0.25, 0.3) is 11.1 Å². The molecule has 28 heavy (non-hydrogen) atoms. The van der Waals surface area contributed by atoms with Crippen LogP contribution < -0.4 is 4.90 Å². The predicted octanol–water partition coefficient (Wildman–Crippen LogP) is 2.96. The first-order valence-electron chi connectivity index (χ1n) is 8.68. The van der Waals surface area contributed by atoms with Crippen LogP contribution in [0.5, 0.6) is 0 Å². The van der Waals surface area contributed by atoms with Gasteiger partial charge in [-0.05, 0) is 30.2 Å². The Labute approximate surface area is 163 Å². The number of carboxylic acid groups (broad SMARTS) is 1. The van der Waals surface area contributed by atoms with Gasteiger partial charge in [-0.2, -0.15) is 0 Å². The molecule has 0 spiro atoms. The highest BCUT2D eigenvalue weighted by molar-refractivity contribution is 7.92. The van der Waals surface area contributed by atoms with Crippen molar-refractivity contribution < 1.29 is 27.9 Å². The molecule has 0 saturated carbocycles. The summed E-state index contributed by atoms with van der Waals surface area (Å²) in [6, 6.07) is 17.1. The molecule has 1 N–H and O–H groups in total. The Morgan fingerprint density at radius 3 is 2.25 bits per heavy atom. The number of amides is 1. The van der Waals surface area contributed by atoms with E-state index in [9.17, 15) is 23.1 Å². The Morgan fingerprint density at radius 2 is 1.71 bits per heavy atom. The Balaban J connectivity index is 1.77. The van der Waals surface area contributed by atoms with E-state index in [1.807, 2.05) is 42.5 Å². The van der Waals surface area contributed by atoms with Crippen molar-refractivity contribution in [1.29, 1.82) is 0 Å². The smallest absolute Gasteiger partial charge is 0.414 e. The maximum atomic E-state index is 12.3. The van der Waals surface area contributed by atoms with Gasteiger partial charge in [-0.3, -0.25) is 9.69 Å². The van der Waals surface area contributed by atoms with Gasteiger partial charge in [-0.15, -0.1) is 0 Å². The van der Waals surface area contributed by atoms with Gasteiger partial charge in [0.15, 0.2) is 14.6 Å². The average molecular weight is 403 g/mol. The molecule has 2 aromatic rings. The Hall–Kier alpha value is -2.87. The zero-order chi connectivity index (χ0) is 20.5. The van der Waals surface area contributed by atoms with Gasteiger partial charge in [0.05, 0.1) is 6.54 Å². The van der Waals surface area contributed by atoms with E-state index < -0.39 is 32.8 Å². The molecule has 1 saturated heterocycles. The quantitative estimate of drug-likeness (QED) is 0.796. The summed E-state index contributed by atoms with van der Waals surface area (Å²) in [5, 5.41) is 9.38. The molecule has 8 heteroatoms. The van der Waals surface area contributed by atoms with Crippen LogP contribution in [0.1, 0.15) is 13.3 Å². The van der Waals surface area contributed by atoms with Crippen LogP contribution in [0.4, 0.5) is 10.5 Å². The summed E-state index contributed by atoms with van der Waals surface area (Å²) in [4.78, 5) is 25.2. The lowest BCUT2D eigenvalue weighted by Gasteiger charge is -2.24. The normalized spacial score (nSPS) is 19.1. The predicted molar refractivity (Wildman–Crippen MR) is 105 cm³/mol. The van der Waals surface area contributed by atoms with Crippen LogP contribution in [0.3, 0.4) is 0 Å². The Morgan fingerprint density at radius 1 is 1.14 bits per heavy atom. The topological polar surface area (TPSA) is 101 Å². The molecule has 0 bridgehead atoms. The molecule has 3 rings (SSSR count). The molecule has 0 aliphatic carbocycles. The van der Waals surface area contributed by atoms with Crippen molar-refractivity contribution in [1.82, 2.24) is 0 Å². The second kappa shape index (κ2) is 7.27. The fourth-order valence-corrected chi connectivity index (χ4v) is 3.94. The van der Waals surface area contributed by atoms with Crippen LogP contribution in [0, 0.1) is 0 Å². The lowest BCUT2D eigenvalue weighted by molar-refractivity contribution is -0.140. The number of nitrogens with zero attached hydrogens (tertiary/aromatic N) is 1. The standard InChI is InChI=1S/C20H21NO6S/c1-20(18(22)23,28(2,25)26)12-17-13-21(19(24)27-17)16-10-8-15(9-11-16)14-6-4-3-5-7-14/h3-11,17H,12-13H2,1-2H3,(H,22,23). The van der Waals surface area contributed by atoms with E-state index in [-0.39, 0.29) is 13.0 Å². The summed E-state index contributed by atoms with van der Waals surface area (Å²) in [5.41, 5.74) is 2.63. The number of aliphatic carboxylic acids is 1. The number of cyclic esters (lactones) is 1. The van der Waals surface area contributed by atoms with Crippen molar-refractivity contribution in [3.8, 4) is 11.1 Å². The van der Waals surface area contributed by atoms with E-state index in [1.165, 1.54) is 4.90 Å². The fourth-order valence-electron chi connectivity index (χ4n) is 3.13. The summed E-state index contributed by atoms with van der Waals surface area (Å²) in [7, 11) is -3.90.